The first kappa shape index (κ1) is 15.4. The number of hydrogen-bond donors (Lipinski definition) is 2. The van der Waals surface area contributed by atoms with Crippen LogP contribution >= 0.6 is 0 Å². The number of hydrogen-bond acceptors (Lipinski definition) is 3. The highest BCUT2D eigenvalue weighted by Gasteiger charge is 2.34. The van der Waals surface area contributed by atoms with Gasteiger partial charge in [0.1, 0.15) is 0 Å². The number of amides is 1. The third kappa shape index (κ3) is 2.73. The molecule has 0 radical (unpaired) electrons. The SMILES string of the molecule is Cc1nn(-c2ccccc2)c(C)c1C(=O)NC1CC2CCC(C1)N2. The molecule has 5 nitrogen and oxygen atoms in total. The van der Waals surface area contributed by atoms with Gasteiger partial charge >= 0.3 is 0 Å². The molecule has 0 spiro atoms. The normalized spacial score (nSPS) is 25.7. The van der Waals surface area contributed by atoms with Crippen LogP contribution in [-0.2, 0) is 0 Å². The molecule has 2 aliphatic heterocycles. The van der Waals surface area contributed by atoms with E-state index < -0.39 is 0 Å². The summed E-state index contributed by atoms with van der Waals surface area (Å²) in [5.74, 6) is 0.0125. The Morgan fingerprint density at radius 3 is 2.50 bits per heavy atom. The number of para-hydroxylation sites is 1. The Bertz CT molecular complexity index is 740. The zero-order chi connectivity index (χ0) is 16.7. The van der Waals surface area contributed by atoms with Gasteiger partial charge in [0, 0.05) is 18.1 Å². The highest BCUT2D eigenvalue weighted by molar-refractivity contribution is 5.96. The fourth-order valence-corrected chi connectivity index (χ4v) is 4.22. The van der Waals surface area contributed by atoms with Crippen LogP contribution in [0, 0.1) is 13.8 Å². The summed E-state index contributed by atoms with van der Waals surface area (Å²) in [7, 11) is 0. The lowest BCUT2D eigenvalue weighted by atomic mass is 9.99. The number of carbonyl (C=O) groups is 1. The minimum atomic E-state index is 0.0125. The summed E-state index contributed by atoms with van der Waals surface area (Å²) in [5, 5.41) is 11.4. The first-order valence-electron chi connectivity index (χ1n) is 8.80. The van der Waals surface area contributed by atoms with Crippen LogP contribution in [0.5, 0.6) is 0 Å². The van der Waals surface area contributed by atoms with Crippen molar-refractivity contribution in [2.24, 2.45) is 0 Å². The van der Waals surface area contributed by atoms with Crippen molar-refractivity contribution in [1.29, 1.82) is 0 Å². The summed E-state index contributed by atoms with van der Waals surface area (Å²) in [5.41, 5.74) is 3.38. The first-order chi connectivity index (χ1) is 11.6. The maximum atomic E-state index is 12.8. The number of fused-ring (bicyclic) bond motifs is 2. The van der Waals surface area contributed by atoms with E-state index in [1.54, 1.807) is 0 Å². The van der Waals surface area contributed by atoms with Crippen molar-refractivity contribution in [3.63, 3.8) is 0 Å². The smallest absolute Gasteiger partial charge is 0.255 e. The van der Waals surface area contributed by atoms with E-state index in [1.165, 1.54) is 12.8 Å². The summed E-state index contributed by atoms with van der Waals surface area (Å²) in [6.07, 6.45) is 4.54. The lowest BCUT2D eigenvalue weighted by Gasteiger charge is -2.29. The highest BCUT2D eigenvalue weighted by atomic mass is 16.1. The molecule has 2 fully saturated rings. The third-order valence-corrected chi connectivity index (χ3v) is 5.33. The summed E-state index contributed by atoms with van der Waals surface area (Å²) >= 11 is 0. The molecule has 2 aromatic rings. The van der Waals surface area contributed by atoms with Crippen molar-refractivity contribution in [3.05, 3.63) is 47.3 Å². The molecule has 2 bridgehead atoms. The van der Waals surface area contributed by atoms with Gasteiger partial charge in [0.15, 0.2) is 0 Å². The standard InChI is InChI=1S/C19H24N4O/c1-12-18(13(2)23(22-12)17-6-4-3-5-7-17)19(24)21-16-10-14-8-9-15(11-16)20-14/h3-7,14-16,20H,8-11H2,1-2H3,(H,21,24). The quantitative estimate of drug-likeness (QED) is 0.912. The molecule has 2 aliphatic rings. The molecule has 3 heterocycles. The lowest BCUT2D eigenvalue weighted by Crippen LogP contribution is -2.48. The maximum absolute atomic E-state index is 12.8. The molecular formula is C19H24N4O. The van der Waals surface area contributed by atoms with E-state index in [9.17, 15) is 4.79 Å². The van der Waals surface area contributed by atoms with E-state index in [4.69, 9.17) is 0 Å². The van der Waals surface area contributed by atoms with E-state index in [2.05, 4.69) is 15.7 Å². The molecule has 5 heteroatoms. The van der Waals surface area contributed by atoms with Gasteiger partial charge in [-0.25, -0.2) is 4.68 Å². The molecule has 2 unspecified atom stereocenters. The second-order valence-electron chi connectivity index (χ2n) is 7.07. The van der Waals surface area contributed by atoms with Crippen LogP contribution < -0.4 is 10.6 Å². The predicted octanol–water partition coefficient (Wildman–Crippen LogP) is 2.50. The van der Waals surface area contributed by atoms with Gasteiger partial charge in [-0.05, 0) is 51.7 Å². The summed E-state index contributed by atoms with van der Waals surface area (Å²) < 4.78 is 1.86. The number of nitrogens with one attached hydrogen (secondary N) is 2. The second kappa shape index (κ2) is 6.06. The van der Waals surface area contributed by atoms with E-state index in [0.717, 1.165) is 29.9 Å². The predicted molar refractivity (Wildman–Crippen MR) is 93.5 cm³/mol. The average Bonchev–Trinajstić information content (AvgIpc) is 3.07. The minimum absolute atomic E-state index is 0.0125. The Morgan fingerprint density at radius 1 is 1.17 bits per heavy atom. The Hall–Kier alpha value is -2.14. The summed E-state index contributed by atoms with van der Waals surface area (Å²) in [6, 6.07) is 11.4. The van der Waals surface area contributed by atoms with Gasteiger partial charge in [0.05, 0.1) is 22.6 Å². The van der Waals surface area contributed by atoms with Gasteiger partial charge in [0.2, 0.25) is 0 Å². The van der Waals surface area contributed by atoms with E-state index in [1.807, 2.05) is 48.9 Å². The maximum Gasteiger partial charge on any atom is 0.255 e. The Balaban J connectivity index is 1.55. The van der Waals surface area contributed by atoms with Crippen LogP contribution in [0.4, 0.5) is 0 Å². The molecule has 0 saturated carbocycles. The largest absolute Gasteiger partial charge is 0.349 e. The summed E-state index contributed by atoms with van der Waals surface area (Å²) in [6.45, 7) is 3.88. The Labute approximate surface area is 142 Å². The van der Waals surface area contributed by atoms with Gasteiger partial charge < -0.3 is 10.6 Å². The molecule has 1 amide bonds. The monoisotopic (exact) mass is 324 g/mol. The van der Waals surface area contributed by atoms with Crippen molar-refractivity contribution < 1.29 is 4.79 Å². The van der Waals surface area contributed by atoms with Gasteiger partial charge in [-0.15, -0.1) is 0 Å². The topological polar surface area (TPSA) is 59.0 Å². The third-order valence-electron chi connectivity index (χ3n) is 5.33. The van der Waals surface area contributed by atoms with E-state index in [0.29, 0.717) is 17.6 Å². The van der Waals surface area contributed by atoms with Gasteiger partial charge in [-0.3, -0.25) is 4.79 Å². The van der Waals surface area contributed by atoms with Crippen LogP contribution in [0.3, 0.4) is 0 Å². The first-order valence-corrected chi connectivity index (χ1v) is 8.80. The van der Waals surface area contributed by atoms with Crippen molar-refractivity contribution in [1.82, 2.24) is 20.4 Å². The number of carbonyl (C=O) groups excluding carboxylic acids is 1. The molecule has 2 atom stereocenters. The van der Waals surface area contributed by atoms with Crippen LogP contribution in [-0.4, -0.2) is 33.8 Å². The fraction of sp³-hybridized carbons (Fsp3) is 0.474. The number of rotatable bonds is 3. The minimum Gasteiger partial charge on any atom is -0.349 e. The number of nitrogens with zero attached hydrogens (tertiary/aromatic N) is 2. The van der Waals surface area contributed by atoms with Crippen molar-refractivity contribution in [2.75, 3.05) is 0 Å². The van der Waals surface area contributed by atoms with Crippen LogP contribution in [0.25, 0.3) is 5.69 Å². The van der Waals surface area contributed by atoms with Gasteiger partial charge in [0.25, 0.3) is 5.91 Å². The van der Waals surface area contributed by atoms with Crippen LogP contribution in [0.15, 0.2) is 30.3 Å². The molecule has 126 valence electrons. The molecule has 1 aromatic heterocycles. The fourth-order valence-electron chi connectivity index (χ4n) is 4.22. The second-order valence-corrected chi connectivity index (χ2v) is 7.07. The Kier molecular flexibility index (Phi) is 3.88. The summed E-state index contributed by atoms with van der Waals surface area (Å²) in [4.78, 5) is 12.8. The van der Waals surface area contributed by atoms with E-state index >= 15 is 0 Å². The molecule has 2 saturated heterocycles. The van der Waals surface area contributed by atoms with E-state index in [-0.39, 0.29) is 11.9 Å². The molecule has 24 heavy (non-hydrogen) atoms. The van der Waals surface area contributed by atoms with Crippen LogP contribution in [0.1, 0.15) is 47.4 Å². The zero-order valence-electron chi connectivity index (χ0n) is 14.2. The van der Waals surface area contributed by atoms with Crippen molar-refractivity contribution >= 4 is 5.91 Å². The van der Waals surface area contributed by atoms with Gasteiger partial charge in [-0.2, -0.15) is 5.10 Å². The molecule has 0 aliphatic carbocycles. The molecular weight excluding hydrogens is 300 g/mol. The molecule has 4 rings (SSSR count). The highest BCUT2D eigenvalue weighted by Crippen LogP contribution is 2.27. The molecule has 2 N–H and O–H groups in total. The number of benzene rings is 1. The van der Waals surface area contributed by atoms with Crippen molar-refractivity contribution in [2.45, 2.75) is 57.7 Å². The Morgan fingerprint density at radius 2 is 1.83 bits per heavy atom. The zero-order valence-corrected chi connectivity index (χ0v) is 14.2. The van der Waals surface area contributed by atoms with Gasteiger partial charge in [-0.1, -0.05) is 18.2 Å². The number of piperidine rings is 1. The average molecular weight is 324 g/mol. The van der Waals surface area contributed by atoms with Crippen molar-refractivity contribution in [3.8, 4) is 5.69 Å². The lowest BCUT2D eigenvalue weighted by molar-refractivity contribution is 0.0922. The molecule has 1 aromatic carbocycles. The number of aryl methyl sites for hydroxylation is 1. The number of aromatic nitrogens is 2. The van der Waals surface area contributed by atoms with Crippen LogP contribution in [0.2, 0.25) is 0 Å².